The van der Waals surface area contributed by atoms with Crippen molar-refractivity contribution in [3.8, 4) is 0 Å². The first-order chi connectivity index (χ1) is 16.7. The molecule has 0 aromatic heterocycles. The third kappa shape index (κ3) is 5.12. The van der Waals surface area contributed by atoms with Crippen LogP contribution in [-0.4, -0.2) is 30.1 Å². The van der Waals surface area contributed by atoms with Gasteiger partial charge in [-0.15, -0.1) is 0 Å². The lowest BCUT2D eigenvalue weighted by atomic mass is 9.92. The highest BCUT2D eigenvalue weighted by Gasteiger charge is 2.31. The number of carbonyl (C=O) groups excluding carboxylic acids is 2. The fraction of sp³-hybridized carbons (Fsp3) is 0.185. The van der Waals surface area contributed by atoms with Crippen molar-refractivity contribution in [2.24, 2.45) is 0 Å². The number of aliphatic hydroxyl groups excluding tert-OH is 1. The molecule has 1 amide bonds. The highest BCUT2D eigenvalue weighted by Crippen LogP contribution is 2.31. The summed E-state index contributed by atoms with van der Waals surface area (Å²) in [5.74, 6) is -1.64. The number of benzene rings is 4. The topological polar surface area (TPSA) is 75.6 Å². The molecule has 2 N–H and O–H groups in total. The predicted octanol–water partition coefficient (Wildman–Crippen LogP) is 4.95. The lowest BCUT2D eigenvalue weighted by Crippen LogP contribution is -2.45. The fourth-order valence-electron chi connectivity index (χ4n) is 4.12. The largest absolute Gasteiger partial charge is 0.467 e. The number of esters is 1. The van der Waals surface area contributed by atoms with Gasteiger partial charge in [0.15, 0.2) is 6.10 Å². The van der Waals surface area contributed by atoms with Gasteiger partial charge in [-0.25, -0.2) is 4.79 Å². The molecule has 0 unspecified atom stereocenters. The number of carbonyl (C=O) groups is 2. The second kappa shape index (κ2) is 9.76. The van der Waals surface area contributed by atoms with Gasteiger partial charge in [0, 0.05) is 6.42 Å². The maximum atomic E-state index is 12.8. The van der Waals surface area contributed by atoms with Gasteiger partial charge in [-0.2, -0.15) is 13.2 Å². The minimum Gasteiger partial charge on any atom is -0.467 e. The van der Waals surface area contributed by atoms with Crippen molar-refractivity contribution in [1.29, 1.82) is 0 Å². The van der Waals surface area contributed by atoms with E-state index >= 15 is 0 Å². The van der Waals surface area contributed by atoms with Crippen molar-refractivity contribution in [1.82, 2.24) is 5.32 Å². The Morgan fingerprint density at radius 3 is 1.97 bits per heavy atom. The van der Waals surface area contributed by atoms with Crippen LogP contribution in [-0.2, 0) is 26.9 Å². The van der Waals surface area contributed by atoms with Gasteiger partial charge in [0.1, 0.15) is 6.04 Å². The van der Waals surface area contributed by atoms with E-state index in [-0.39, 0.29) is 12.0 Å². The number of aliphatic hydroxyl groups is 1. The van der Waals surface area contributed by atoms with Gasteiger partial charge in [0.2, 0.25) is 0 Å². The second-order valence-electron chi connectivity index (χ2n) is 8.11. The summed E-state index contributed by atoms with van der Waals surface area (Å²) in [6, 6.07) is 19.8. The number of hydrogen-bond acceptors (Lipinski definition) is 4. The van der Waals surface area contributed by atoms with Gasteiger partial charge in [-0.1, -0.05) is 60.7 Å². The van der Waals surface area contributed by atoms with Crippen LogP contribution in [0.25, 0.3) is 21.5 Å². The van der Waals surface area contributed by atoms with Crippen molar-refractivity contribution in [3.05, 3.63) is 95.6 Å². The summed E-state index contributed by atoms with van der Waals surface area (Å²) in [5.41, 5.74) is -0.114. The molecule has 4 aromatic rings. The third-order valence-electron chi connectivity index (χ3n) is 5.90. The summed E-state index contributed by atoms with van der Waals surface area (Å²) in [5, 5.41) is 16.7. The van der Waals surface area contributed by atoms with Crippen molar-refractivity contribution in [2.75, 3.05) is 7.11 Å². The van der Waals surface area contributed by atoms with Gasteiger partial charge < -0.3 is 15.2 Å². The number of rotatable bonds is 6. The molecule has 4 rings (SSSR count). The van der Waals surface area contributed by atoms with Crippen LogP contribution in [0.5, 0.6) is 0 Å². The number of fused-ring (bicyclic) bond motifs is 2. The van der Waals surface area contributed by atoms with Crippen LogP contribution < -0.4 is 5.32 Å². The van der Waals surface area contributed by atoms with Crippen LogP contribution >= 0.6 is 0 Å². The molecule has 180 valence electrons. The molecule has 0 aliphatic rings. The molecule has 0 radical (unpaired) electrons. The molecule has 0 aliphatic heterocycles. The Kier molecular flexibility index (Phi) is 6.75. The Hall–Kier alpha value is -3.91. The number of hydrogen-bond donors (Lipinski definition) is 2. The Morgan fingerprint density at radius 2 is 1.46 bits per heavy atom. The highest BCUT2D eigenvalue weighted by atomic mass is 19.4. The molecule has 5 nitrogen and oxygen atoms in total. The molecule has 0 aliphatic carbocycles. The average molecular weight is 481 g/mol. The quantitative estimate of drug-likeness (QED) is 0.302. The highest BCUT2D eigenvalue weighted by molar-refractivity contribution is 6.02. The zero-order chi connectivity index (χ0) is 25.2. The van der Waals surface area contributed by atoms with Crippen LogP contribution in [0.3, 0.4) is 0 Å². The van der Waals surface area contributed by atoms with Crippen molar-refractivity contribution in [2.45, 2.75) is 24.7 Å². The Balaban J connectivity index is 1.64. The van der Waals surface area contributed by atoms with E-state index in [1.165, 1.54) is 7.11 Å². The summed E-state index contributed by atoms with van der Waals surface area (Å²) in [6.07, 6.45) is -6.23. The number of methoxy groups -OCH3 is 1. The molecule has 2 atom stereocenters. The van der Waals surface area contributed by atoms with E-state index in [9.17, 15) is 27.9 Å². The lowest BCUT2D eigenvalue weighted by Gasteiger charge is -2.21. The molecule has 0 spiro atoms. The number of nitrogens with one attached hydrogen (secondary N) is 1. The van der Waals surface area contributed by atoms with Gasteiger partial charge in [0.05, 0.1) is 12.7 Å². The fourth-order valence-corrected chi connectivity index (χ4v) is 4.12. The molecule has 0 heterocycles. The molecular weight excluding hydrogens is 459 g/mol. The van der Waals surface area contributed by atoms with Crippen molar-refractivity contribution in [3.63, 3.8) is 0 Å². The normalized spacial score (nSPS) is 13.4. The number of halogens is 3. The van der Waals surface area contributed by atoms with Crippen molar-refractivity contribution >= 4 is 33.4 Å². The molecule has 0 fully saturated rings. The second-order valence-corrected chi connectivity index (χ2v) is 8.11. The first-order valence-electron chi connectivity index (χ1n) is 10.8. The van der Waals surface area contributed by atoms with Gasteiger partial charge in [-0.05, 0) is 50.9 Å². The van der Waals surface area contributed by atoms with E-state index in [4.69, 9.17) is 4.74 Å². The Morgan fingerprint density at radius 1 is 0.914 bits per heavy atom. The van der Waals surface area contributed by atoms with Crippen molar-refractivity contribution < 1.29 is 32.6 Å². The molecule has 0 bridgehead atoms. The summed E-state index contributed by atoms with van der Waals surface area (Å²) in [4.78, 5) is 25.4. The van der Waals surface area contributed by atoms with Crippen LogP contribution in [0.1, 0.15) is 22.8 Å². The predicted molar refractivity (Wildman–Crippen MR) is 126 cm³/mol. The molecule has 0 saturated carbocycles. The number of alkyl halides is 3. The van der Waals surface area contributed by atoms with Gasteiger partial charge in [-0.3, -0.25) is 4.79 Å². The smallest absolute Gasteiger partial charge is 0.416 e. The monoisotopic (exact) mass is 481 g/mol. The van der Waals surface area contributed by atoms with Crippen LogP contribution in [0, 0.1) is 0 Å². The third-order valence-corrected chi connectivity index (χ3v) is 5.90. The molecule has 0 saturated heterocycles. The maximum Gasteiger partial charge on any atom is 0.416 e. The molecule has 35 heavy (non-hydrogen) atoms. The summed E-state index contributed by atoms with van der Waals surface area (Å²) in [6.45, 7) is 0. The zero-order valence-electron chi connectivity index (χ0n) is 18.7. The first-order valence-corrected chi connectivity index (χ1v) is 10.8. The minimum atomic E-state index is -4.54. The number of ether oxygens (including phenoxy) is 1. The van der Waals surface area contributed by atoms with Crippen LogP contribution in [0.4, 0.5) is 13.2 Å². The average Bonchev–Trinajstić information content (AvgIpc) is 2.86. The van der Waals surface area contributed by atoms with Gasteiger partial charge in [0.25, 0.3) is 5.91 Å². The number of amides is 1. The van der Waals surface area contributed by atoms with E-state index in [1.54, 1.807) is 0 Å². The standard InChI is InChI=1S/C27H22F3NO4/c1-35-26(34)23(31-25(33)24(32)16-10-12-19(13-11-16)27(28,29)30)15-22-20-8-4-2-6-17(20)14-18-7-3-5-9-21(18)22/h2-14,23-24,32H,15H2,1H3,(H,31,33)/t23-,24-/m1/s1. The SMILES string of the molecule is COC(=O)[C@@H](Cc1c2ccccc2cc2ccccc12)NC(=O)[C@H](O)c1ccc(C(F)(F)F)cc1. The minimum absolute atomic E-state index is 0.0327. The molecule has 4 aromatic carbocycles. The molecule has 8 heteroatoms. The maximum absolute atomic E-state index is 12.8. The summed E-state index contributed by atoms with van der Waals surface area (Å²) < 4.78 is 43.3. The molecular formula is C27H22F3NO4. The zero-order valence-corrected chi connectivity index (χ0v) is 18.7. The van der Waals surface area contributed by atoms with E-state index in [0.29, 0.717) is 0 Å². The Labute approximate surface area is 199 Å². The van der Waals surface area contributed by atoms with E-state index in [1.807, 2.05) is 54.6 Å². The van der Waals surface area contributed by atoms with E-state index < -0.39 is 35.8 Å². The summed E-state index contributed by atoms with van der Waals surface area (Å²) >= 11 is 0. The lowest BCUT2D eigenvalue weighted by molar-refractivity contribution is -0.146. The van der Waals surface area contributed by atoms with Crippen LogP contribution in [0.15, 0.2) is 78.9 Å². The summed E-state index contributed by atoms with van der Waals surface area (Å²) in [7, 11) is 1.19. The van der Waals surface area contributed by atoms with E-state index in [0.717, 1.165) is 51.4 Å². The van der Waals surface area contributed by atoms with Crippen LogP contribution in [0.2, 0.25) is 0 Å². The Bertz CT molecular complexity index is 1330. The first kappa shape index (κ1) is 24.2. The van der Waals surface area contributed by atoms with E-state index in [2.05, 4.69) is 5.32 Å². The van der Waals surface area contributed by atoms with Gasteiger partial charge >= 0.3 is 12.1 Å².